The van der Waals surface area contributed by atoms with Crippen molar-refractivity contribution in [1.29, 1.82) is 0 Å². The first-order chi connectivity index (χ1) is 8.95. The van der Waals surface area contributed by atoms with Crippen LogP contribution in [-0.4, -0.2) is 50.3 Å². The van der Waals surface area contributed by atoms with Crippen LogP contribution in [0.5, 0.6) is 0 Å². The highest BCUT2D eigenvalue weighted by Crippen LogP contribution is 2.21. The van der Waals surface area contributed by atoms with Gasteiger partial charge in [0, 0.05) is 31.9 Å². The van der Waals surface area contributed by atoms with E-state index in [2.05, 4.69) is 11.8 Å². The molecule has 1 aliphatic heterocycles. The summed E-state index contributed by atoms with van der Waals surface area (Å²) < 4.78 is 26.6. The molecule has 0 aliphatic carbocycles. The molecule has 6 heteroatoms. The van der Waals surface area contributed by atoms with E-state index in [-0.39, 0.29) is 0 Å². The minimum atomic E-state index is -3.38. The lowest BCUT2D eigenvalue weighted by atomic mass is 10.2. The van der Waals surface area contributed by atoms with Crippen molar-refractivity contribution in [3.05, 3.63) is 23.8 Å². The van der Waals surface area contributed by atoms with Gasteiger partial charge in [-0.05, 0) is 37.2 Å². The summed E-state index contributed by atoms with van der Waals surface area (Å²) in [5.74, 6) is 0. The minimum Gasteiger partial charge on any atom is -0.399 e. The molecular weight excluding hydrogens is 262 g/mol. The number of nitrogens with two attached hydrogens (primary N) is 1. The lowest BCUT2D eigenvalue weighted by Crippen LogP contribution is -2.48. The lowest BCUT2D eigenvalue weighted by Gasteiger charge is -2.33. The van der Waals surface area contributed by atoms with Gasteiger partial charge in [0.2, 0.25) is 10.0 Å². The van der Waals surface area contributed by atoms with Crippen molar-refractivity contribution in [3.63, 3.8) is 0 Å². The zero-order valence-electron chi connectivity index (χ0n) is 11.5. The van der Waals surface area contributed by atoms with Gasteiger partial charge in [0.15, 0.2) is 0 Å². The molecule has 106 valence electrons. The maximum atomic E-state index is 12.5. The number of likely N-dealkylation sites (N-methyl/N-ethyl adjacent to an activating group) is 1. The Balaban J connectivity index is 2.21. The Morgan fingerprint density at radius 1 is 1.21 bits per heavy atom. The maximum Gasteiger partial charge on any atom is 0.243 e. The topological polar surface area (TPSA) is 66.6 Å². The second kappa shape index (κ2) is 5.48. The first-order valence-corrected chi connectivity index (χ1v) is 7.98. The summed E-state index contributed by atoms with van der Waals surface area (Å²) in [4.78, 5) is 2.59. The molecule has 0 atom stereocenters. The average molecular weight is 283 g/mol. The van der Waals surface area contributed by atoms with Gasteiger partial charge < -0.3 is 10.6 Å². The minimum absolute atomic E-state index is 0.337. The fourth-order valence-electron chi connectivity index (χ4n) is 2.24. The van der Waals surface area contributed by atoms with Gasteiger partial charge in [-0.15, -0.1) is 0 Å². The van der Waals surface area contributed by atoms with Crippen LogP contribution in [0.4, 0.5) is 5.69 Å². The Kier molecular flexibility index (Phi) is 4.13. The number of hydrogen-bond donors (Lipinski definition) is 1. The van der Waals surface area contributed by atoms with Crippen LogP contribution < -0.4 is 5.73 Å². The molecule has 1 heterocycles. The van der Waals surface area contributed by atoms with Crippen LogP contribution in [0.1, 0.15) is 12.5 Å². The van der Waals surface area contributed by atoms with Crippen molar-refractivity contribution in [2.75, 3.05) is 38.5 Å². The summed E-state index contributed by atoms with van der Waals surface area (Å²) in [6, 6.07) is 4.89. The first-order valence-electron chi connectivity index (χ1n) is 6.53. The molecule has 0 unspecified atom stereocenters. The van der Waals surface area contributed by atoms with Gasteiger partial charge in [-0.1, -0.05) is 6.92 Å². The molecule has 0 amide bonds. The van der Waals surface area contributed by atoms with E-state index in [4.69, 9.17) is 5.73 Å². The molecule has 1 aliphatic rings. The van der Waals surface area contributed by atoms with Crippen LogP contribution in [0.25, 0.3) is 0 Å². The summed E-state index contributed by atoms with van der Waals surface area (Å²) >= 11 is 0. The number of sulfonamides is 1. The Morgan fingerprint density at radius 2 is 1.84 bits per heavy atom. The van der Waals surface area contributed by atoms with E-state index in [0.717, 1.165) is 25.2 Å². The third-order valence-corrected chi connectivity index (χ3v) is 5.55. The van der Waals surface area contributed by atoms with Crippen molar-refractivity contribution in [2.45, 2.75) is 18.7 Å². The number of piperazine rings is 1. The smallest absolute Gasteiger partial charge is 0.243 e. The van der Waals surface area contributed by atoms with Gasteiger partial charge >= 0.3 is 0 Å². The highest BCUT2D eigenvalue weighted by atomic mass is 32.2. The Labute approximate surface area is 115 Å². The molecule has 1 aromatic rings. The molecule has 1 saturated heterocycles. The number of nitrogen functional groups attached to an aromatic ring is 1. The molecule has 0 radical (unpaired) electrons. The zero-order valence-corrected chi connectivity index (χ0v) is 12.3. The maximum absolute atomic E-state index is 12.5. The van der Waals surface area contributed by atoms with Gasteiger partial charge in [-0.25, -0.2) is 8.42 Å². The molecule has 2 N–H and O–H groups in total. The second-order valence-corrected chi connectivity index (χ2v) is 6.79. The van der Waals surface area contributed by atoms with Crippen molar-refractivity contribution in [3.8, 4) is 0 Å². The quantitative estimate of drug-likeness (QED) is 0.837. The van der Waals surface area contributed by atoms with E-state index >= 15 is 0 Å². The van der Waals surface area contributed by atoms with Crippen LogP contribution in [-0.2, 0) is 10.0 Å². The molecule has 2 rings (SSSR count). The van der Waals surface area contributed by atoms with Gasteiger partial charge in [0.05, 0.1) is 4.90 Å². The molecule has 0 bridgehead atoms. The molecule has 0 saturated carbocycles. The second-order valence-electron chi connectivity index (χ2n) is 4.86. The van der Waals surface area contributed by atoms with Crippen LogP contribution in [0.2, 0.25) is 0 Å². The summed E-state index contributed by atoms with van der Waals surface area (Å²) in [5, 5.41) is 0. The van der Waals surface area contributed by atoms with Crippen LogP contribution in [0, 0.1) is 6.92 Å². The molecule has 0 aromatic heterocycles. The first kappa shape index (κ1) is 14.3. The summed E-state index contributed by atoms with van der Waals surface area (Å²) in [6.07, 6.45) is 0. The number of aryl methyl sites for hydroxylation is 1. The summed E-state index contributed by atoms with van der Waals surface area (Å²) in [6.45, 7) is 7.58. The standard InChI is InChI=1S/C13H21N3O2S/c1-3-15-6-8-16(9-7-15)19(17,18)12-4-5-13(14)11(2)10-12/h4-5,10H,3,6-9,14H2,1-2H3. The predicted octanol–water partition coefficient (Wildman–Crippen LogP) is 0.903. The van der Waals surface area contributed by atoms with E-state index in [0.29, 0.717) is 23.7 Å². The molecule has 5 nitrogen and oxygen atoms in total. The fourth-order valence-corrected chi connectivity index (χ4v) is 3.75. The van der Waals surface area contributed by atoms with E-state index in [1.807, 2.05) is 6.92 Å². The van der Waals surface area contributed by atoms with Crippen LogP contribution >= 0.6 is 0 Å². The van der Waals surface area contributed by atoms with E-state index in [1.54, 1.807) is 22.5 Å². The Morgan fingerprint density at radius 3 is 2.37 bits per heavy atom. The van der Waals surface area contributed by atoms with Crippen molar-refractivity contribution in [1.82, 2.24) is 9.21 Å². The van der Waals surface area contributed by atoms with E-state index < -0.39 is 10.0 Å². The SMILES string of the molecule is CCN1CCN(S(=O)(=O)c2ccc(N)c(C)c2)CC1. The van der Waals surface area contributed by atoms with Crippen LogP contribution in [0.3, 0.4) is 0 Å². The van der Waals surface area contributed by atoms with Crippen molar-refractivity contribution in [2.24, 2.45) is 0 Å². The lowest BCUT2D eigenvalue weighted by molar-refractivity contribution is 0.196. The average Bonchev–Trinajstić information content (AvgIpc) is 2.41. The van der Waals surface area contributed by atoms with Gasteiger partial charge in [-0.3, -0.25) is 0 Å². The molecule has 1 fully saturated rings. The molecule has 19 heavy (non-hydrogen) atoms. The Hall–Kier alpha value is -1.11. The highest BCUT2D eigenvalue weighted by Gasteiger charge is 2.28. The van der Waals surface area contributed by atoms with E-state index in [1.165, 1.54) is 0 Å². The number of benzene rings is 1. The number of rotatable bonds is 3. The summed E-state index contributed by atoms with van der Waals surface area (Å²) in [5.41, 5.74) is 7.15. The zero-order chi connectivity index (χ0) is 14.0. The number of nitrogens with zero attached hydrogens (tertiary/aromatic N) is 2. The largest absolute Gasteiger partial charge is 0.399 e. The third-order valence-electron chi connectivity index (χ3n) is 3.66. The molecular formula is C13H21N3O2S. The predicted molar refractivity (Wildman–Crippen MR) is 76.5 cm³/mol. The molecule has 0 spiro atoms. The molecule has 1 aromatic carbocycles. The number of hydrogen-bond acceptors (Lipinski definition) is 4. The number of anilines is 1. The summed E-state index contributed by atoms with van der Waals surface area (Å²) in [7, 11) is -3.38. The Bertz CT molecular complexity index is 549. The van der Waals surface area contributed by atoms with Gasteiger partial charge in [0.1, 0.15) is 0 Å². The van der Waals surface area contributed by atoms with Gasteiger partial charge in [0.25, 0.3) is 0 Å². The highest BCUT2D eigenvalue weighted by molar-refractivity contribution is 7.89. The van der Waals surface area contributed by atoms with Gasteiger partial charge in [-0.2, -0.15) is 4.31 Å². The van der Waals surface area contributed by atoms with Crippen molar-refractivity contribution < 1.29 is 8.42 Å². The normalized spacial score (nSPS) is 18.6. The fraction of sp³-hybridized carbons (Fsp3) is 0.538. The monoisotopic (exact) mass is 283 g/mol. The van der Waals surface area contributed by atoms with Crippen LogP contribution in [0.15, 0.2) is 23.1 Å². The van der Waals surface area contributed by atoms with Crippen molar-refractivity contribution >= 4 is 15.7 Å². The third kappa shape index (κ3) is 2.91. The van der Waals surface area contributed by atoms with E-state index in [9.17, 15) is 8.42 Å².